The summed E-state index contributed by atoms with van der Waals surface area (Å²) >= 11 is 0. The summed E-state index contributed by atoms with van der Waals surface area (Å²) < 4.78 is 11.3. The van der Waals surface area contributed by atoms with Gasteiger partial charge in [0.25, 0.3) is 5.91 Å². The maximum Gasteiger partial charge on any atom is 0.271 e. The Morgan fingerprint density at radius 3 is 2.57 bits per heavy atom. The molecule has 0 saturated heterocycles. The number of hydrazine groups is 1. The predicted octanol–water partition coefficient (Wildman–Crippen LogP) is 1.96. The molecule has 146 valence electrons. The number of aromatic nitrogens is 2. The molecule has 0 unspecified atom stereocenters. The van der Waals surface area contributed by atoms with E-state index in [4.69, 9.17) is 9.15 Å². The fourth-order valence-electron chi connectivity index (χ4n) is 2.38. The van der Waals surface area contributed by atoms with Crippen LogP contribution in [0.3, 0.4) is 0 Å². The second-order valence-electron chi connectivity index (χ2n) is 6.36. The molecule has 3 aromatic rings. The molecule has 0 radical (unpaired) electrons. The summed E-state index contributed by atoms with van der Waals surface area (Å²) in [7, 11) is 3.93. The highest BCUT2D eigenvalue weighted by atomic mass is 16.5. The van der Waals surface area contributed by atoms with Crippen LogP contribution in [-0.4, -0.2) is 54.6 Å². The molecule has 0 aliphatic heterocycles. The number of likely N-dealkylation sites (N-methyl/N-ethyl adjacent to an activating group) is 1. The Bertz CT molecular complexity index is 878. The zero-order valence-electron chi connectivity index (χ0n) is 15.9. The molecule has 0 aliphatic carbocycles. The summed E-state index contributed by atoms with van der Waals surface area (Å²) in [5.41, 5.74) is 7.19. The van der Waals surface area contributed by atoms with Crippen molar-refractivity contribution < 1.29 is 13.9 Å². The first-order valence-electron chi connectivity index (χ1n) is 8.88. The van der Waals surface area contributed by atoms with E-state index in [0.29, 0.717) is 23.9 Å². The predicted molar refractivity (Wildman–Crippen MR) is 105 cm³/mol. The highest BCUT2D eigenvalue weighted by molar-refractivity contribution is 5.77. The minimum Gasteiger partial charge on any atom is -0.484 e. The van der Waals surface area contributed by atoms with Crippen LogP contribution < -0.4 is 15.6 Å². The van der Waals surface area contributed by atoms with Crippen LogP contribution in [0.1, 0.15) is 0 Å². The third-order valence-corrected chi connectivity index (χ3v) is 3.85. The van der Waals surface area contributed by atoms with E-state index in [1.54, 1.807) is 30.7 Å². The van der Waals surface area contributed by atoms with Gasteiger partial charge >= 0.3 is 0 Å². The summed E-state index contributed by atoms with van der Waals surface area (Å²) in [5, 5.41) is 0. The molecule has 0 aliphatic rings. The van der Waals surface area contributed by atoms with Gasteiger partial charge in [-0.15, -0.1) is 0 Å². The molecule has 2 aromatic heterocycles. The van der Waals surface area contributed by atoms with Gasteiger partial charge in [0.2, 0.25) is 5.89 Å². The smallest absolute Gasteiger partial charge is 0.271 e. The Hall–Kier alpha value is -3.23. The first-order chi connectivity index (χ1) is 13.6. The van der Waals surface area contributed by atoms with Gasteiger partial charge in [-0.2, -0.15) is 0 Å². The van der Waals surface area contributed by atoms with Gasteiger partial charge in [0, 0.05) is 36.6 Å². The molecule has 8 heteroatoms. The Morgan fingerprint density at radius 1 is 1.11 bits per heavy atom. The van der Waals surface area contributed by atoms with E-state index in [-0.39, 0.29) is 12.5 Å². The van der Waals surface area contributed by atoms with Crippen LogP contribution in [0, 0.1) is 0 Å². The van der Waals surface area contributed by atoms with Gasteiger partial charge < -0.3 is 14.1 Å². The molecule has 3 rings (SSSR count). The van der Waals surface area contributed by atoms with Gasteiger partial charge in [0.15, 0.2) is 12.4 Å². The number of nitrogens with zero attached hydrogens (tertiary/aromatic N) is 3. The van der Waals surface area contributed by atoms with Crippen LogP contribution in [-0.2, 0) is 4.79 Å². The fourth-order valence-corrected chi connectivity index (χ4v) is 2.38. The lowest BCUT2D eigenvalue weighted by Crippen LogP contribution is -2.43. The molecule has 1 amide bonds. The summed E-state index contributed by atoms with van der Waals surface area (Å²) in [4.78, 5) is 22.1. The van der Waals surface area contributed by atoms with Gasteiger partial charge in [0.1, 0.15) is 5.75 Å². The zero-order chi connectivity index (χ0) is 19.8. The number of nitrogens with one attached hydrogen (secondary N) is 2. The molecule has 0 atom stereocenters. The van der Waals surface area contributed by atoms with E-state index in [1.165, 1.54) is 0 Å². The number of carbonyl (C=O) groups excluding carboxylic acids is 1. The van der Waals surface area contributed by atoms with Gasteiger partial charge in [-0.05, 0) is 50.5 Å². The Balaban J connectivity index is 1.50. The molecule has 1 aromatic carbocycles. The second kappa shape index (κ2) is 9.63. The standard InChI is InChI=1S/C20H23N5O3/c1-25(2)12-11-23-24-19(26)14-27-17-5-3-15(4-6-17)18-13-22-20(28-18)16-7-9-21-10-8-16/h3-10,13,23H,11-12,14H2,1-2H3,(H,24,26). The van der Waals surface area contributed by atoms with E-state index in [9.17, 15) is 4.79 Å². The third kappa shape index (κ3) is 5.63. The zero-order valence-corrected chi connectivity index (χ0v) is 15.9. The van der Waals surface area contributed by atoms with Crippen molar-refractivity contribution in [3.63, 3.8) is 0 Å². The van der Waals surface area contributed by atoms with Crippen molar-refractivity contribution >= 4 is 5.91 Å². The van der Waals surface area contributed by atoms with Crippen molar-refractivity contribution in [1.82, 2.24) is 25.7 Å². The molecule has 28 heavy (non-hydrogen) atoms. The lowest BCUT2D eigenvalue weighted by molar-refractivity contribution is -0.124. The number of pyridine rings is 1. The number of benzene rings is 1. The summed E-state index contributed by atoms with van der Waals surface area (Å²) in [6.07, 6.45) is 5.07. The van der Waals surface area contributed by atoms with Crippen molar-refractivity contribution in [3.05, 3.63) is 55.0 Å². The molecule has 0 saturated carbocycles. The first kappa shape index (κ1) is 19.5. The Labute approximate surface area is 163 Å². The fraction of sp³-hybridized carbons (Fsp3) is 0.250. The average molecular weight is 381 g/mol. The van der Waals surface area contributed by atoms with Gasteiger partial charge in [-0.25, -0.2) is 10.4 Å². The molecule has 8 nitrogen and oxygen atoms in total. The van der Waals surface area contributed by atoms with Crippen molar-refractivity contribution in [2.75, 3.05) is 33.8 Å². The molecule has 0 spiro atoms. The van der Waals surface area contributed by atoms with Gasteiger partial charge in [0.05, 0.1) is 6.20 Å². The highest BCUT2D eigenvalue weighted by Crippen LogP contribution is 2.27. The van der Waals surface area contributed by atoms with Crippen molar-refractivity contribution in [3.8, 4) is 28.5 Å². The maximum absolute atomic E-state index is 11.7. The van der Waals surface area contributed by atoms with Crippen molar-refractivity contribution in [2.45, 2.75) is 0 Å². The quantitative estimate of drug-likeness (QED) is 0.432. The molecular formula is C20H23N5O3. The number of oxazole rings is 1. The first-order valence-corrected chi connectivity index (χ1v) is 8.88. The Kier molecular flexibility index (Phi) is 6.72. The van der Waals surface area contributed by atoms with Crippen LogP contribution >= 0.6 is 0 Å². The van der Waals surface area contributed by atoms with E-state index in [0.717, 1.165) is 17.7 Å². The topological polar surface area (TPSA) is 92.5 Å². The number of carbonyl (C=O) groups is 1. The summed E-state index contributed by atoms with van der Waals surface area (Å²) in [6.45, 7) is 1.42. The number of hydrogen-bond acceptors (Lipinski definition) is 7. The average Bonchev–Trinajstić information content (AvgIpc) is 3.21. The largest absolute Gasteiger partial charge is 0.484 e. The van der Waals surface area contributed by atoms with Gasteiger partial charge in [-0.3, -0.25) is 15.2 Å². The second-order valence-corrected chi connectivity index (χ2v) is 6.36. The van der Waals surface area contributed by atoms with Gasteiger partial charge in [-0.1, -0.05) is 0 Å². The van der Waals surface area contributed by atoms with E-state index in [2.05, 4.69) is 20.8 Å². The number of ether oxygens (including phenoxy) is 1. The van der Waals surface area contributed by atoms with Crippen molar-refractivity contribution in [2.24, 2.45) is 0 Å². The lowest BCUT2D eigenvalue weighted by atomic mass is 10.2. The SMILES string of the molecule is CN(C)CCNNC(=O)COc1ccc(-c2cnc(-c3ccncc3)o2)cc1. The van der Waals surface area contributed by atoms with Crippen LogP contribution in [0.25, 0.3) is 22.8 Å². The minimum absolute atomic E-state index is 0.0667. The number of amides is 1. The van der Waals surface area contributed by atoms with Crippen LogP contribution in [0.15, 0.2) is 59.4 Å². The highest BCUT2D eigenvalue weighted by Gasteiger charge is 2.09. The van der Waals surface area contributed by atoms with Crippen LogP contribution in [0.5, 0.6) is 5.75 Å². The monoisotopic (exact) mass is 381 g/mol. The third-order valence-electron chi connectivity index (χ3n) is 3.85. The number of rotatable bonds is 9. The van der Waals surface area contributed by atoms with Crippen LogP contribution in [0.4, 0.5) is 0 Å². The molecule has 0 fully saturated rings. The maximum atomic E-state index is 11.7. The molecule has 2 N–H and O–H groups in total. The van der Waals surface area contributed by atoms with Crippen molar-refractivity contribution in [1.29, 1.82) is 0 Å². The van der Waals surface area contributed by atoms with Crippen LogP contribution in [0.2, 0.25) is 0 Å². The molecule has 2 heterocycles. The normalized spacial score (nSPS) is 10.8. The molecular weight excluding hydrogens is 358 g/mol. The lowest BCUT2D eigenvalue weighted by Gasteiger charge is -2.11. The summed E-state index contributed by atoms with van der Waals surface area (Å²) in [5.74, 6) is 1.55. The minimum atomic E-state index is -0.236. The van der Waals surface area contributed by atoms with E-state index in [1.807, 2.05) is 43.3 Å². The molecule has 0 bridgehead atoms. The summed E-state index contributed by atoms with van der Waals surface area (Å²) in [6, 6.07) is 11.0. The van der Waals surface area contributed by atoms with E-state index >= 15 is 0 Å². The van der Waals surface area contributed by atoms with E-state index < -0.39 is 0 Å². The Morgan fingerprint density at radius 2 is 1.86 bits per heavy atom. The number of hydrogen-bond donors (Lipinski definition) is 2.